The van der Waals surface area contributed by atoms with E-state index in [1.165, 1.54) is 7.11 Å². The Labute approximate surface area is 101 Å². The van der Waals surface area contributed by atoms with Crippen molar-refractivity contribution >= 4 is 5.97 Å². The van der Waals surface area contributed by atoms with Crippen LogP contribution in [0.3, 0.4) is 0 Å². The summed E-state index contributed by atoms with van der Waals surface area (Å²) in [5.74, 6) is -0.290. The summed E-state index contributed by atoms with van der Waals surface area (Å²) in [7, 11) is 1.40. The van der Waals surface area contributed by atoms with Crippen LogP contribution in [-0.2, 0) is 4.74 Å². The lowest BCUT2D eigenvalue weighted by Crippen LogP contribution is -2.03. The number of carbonyl (C=O) groups excluding carboxylic acids is 1. The molecule has 0 aliphatic carbocycles. The minimum absolute atomic E-state index is 0.290. The molecule has 2 aromatic rings. The van der Waals surface area contributed by atoms with Gasteiger partial charge in [-0.15, -0.1) is 0 Å². The maximum Gasteiger partial charge on any atom is 0.338 e. The highest BCUT2D eigenvalue weighted by Crippen LogP contribution is 2.22. The molecule has 86 valence electrons. The van der Waals surface area contributed by atoms with Crippen molar-refractivity contribution in [3.05, 3.63) is 59.7 Å². The second-order valence-electron chi connectivity index (χ2n) is 3.89. The van der Waals surface area contributed by atoms with Crippen LogP contribution in [0.4, 0.5) is 0 Å². The fraction of sp³-hybridized carbons (Fsp3) is 0.133. The summed E-state index contributed by atoms with van der Waals surface area (Å²) in [5.41, 5.74) is 3.80. The molecule has 0 atom stereocenters. The number of esters is 1. The van der Waals surface area contributed by atoms with Crippen molar-refractivity contribution in [3.63, 3.8) is 0 Å². The fourth-order valence-corrected chi connectivity index (χ4v) is 1.81. The van der Waals surface area contributed by atoms with E-state index < -0.39 is 0 Å². The third-order valence-electron chi connectivity index (χ3n) is 2.74. The van der Waals surface area contributed by atoms with E-state index in [9.17, 15) is 4.79 Å². The number of aryl methyl sites for hydroxylation is 1. The standard InChI is InChI=1S/C15H14O2/c1-11-10-13(12-6-4-3-5-7-12)8-9-14(11)15(16)17-2/h3-10H,1-2H3. The lowest BCUT2D eigenvalue weighted by Gasteiger charge is -2.07. The van der Waals surface area contributed by atoms with E-state index in [2.05, 4.69) is 0 Å². The predicted molar refractivity (Wildman–Crippen MR) is 68.0 cm³/mol. The van der Waals surface area contributed by atoms with Crippen molar-refractivity contribution in [2.75, 3.05) is 7.11 Å². The van der Waals surface area contributed by atoms with Crippen LogP contribution in [0.5, 0.6) is 0 Å². The maximum atomic E-state index is 11.5. The molecule has 17 heavy (non-hydrogen) atoms. The van der Waals surface area contributed by atoms with Gasteiger partial charge in [-0.1, -0.05) is 42.5 Å². The molecular weight excluding hydrogens is 212 g/mol. The summed E-state index contributed by atoms with van der Waals surface area (Å²) in [6.07, 6.45) is 0. The van der Waals surface area contributed by atoms with Crippen molar-refractivity contribution in [2.24, 2.45) is 0 Å². The SMILES string of the molecule is COC(=O)c1ccc(-c2ccccc2)cc1C. The molecule has 2 rings (SSSR count). The highest BCUT2D eigenvalue weighted by atomic mass is 16.5. The summed E-state index contributed by atoms with van der Waals surface area (Å²) in [4.78, 5) is 11.5. The molecule has 0 radical (unpaired) electrons. The maximum absolute atomic E-state index is 11.5. The Morgan fingerprint density at radius 2 is 1.71 bits per heavy atom. The van der Waals surface area contributed by atoms with Crippen LogP contribution >= 0.6 is 0 Å². The van der Waals surface area contributed by atoms with Crippen LogP contribution in [0.25, 0.3) is 11.1 Å². The van der Waals surface area contributed by atoms with Crippen LogP contribution < -0.4 is 0 Å². The highest BCUT2D eigenvalue weighted by molar-refractivity contribution is 5.91. The van der Waals surface area contributed by atoms with Gasteiger partial charge in [0, 0.05) is 0 Å². The Balaban J connectivity index is 2.41. The highest BCUT2D eigenvalue weighted by Gasteiger charge is 2.09. The summed E-state index contributed by atoms with van der Waals surface area (Å²) in [6, 6.07) is 15.8. The first-order valence-corrected chi connectivity index (χ1v) is 5.47. The van der Waals surface area contributed by atoms with E-state index in [0.717, 1.165) is 16.7 Å². The van der Waals surface area contributed by atoms with Gasteiger partial charge in [-0.25, -0.2) is 4.79 Å². The number of ether oxygens (including phenoxy) is 1. The topological polar surface area (TPSA) is 26.3 Å². The molecule has 0 amide bonds. The van der Waals surface area contributed by atoms with Crippen molar-refractivity contribution in [3.8, 4) is 11.1 Å². The van der Waals surface area contributed by atoms with Gasteiger partial charge in [0.1, 0.15) is 0 Å². The van der Waals surface area contributed by atoms with Crippen molar-refractivity contribution in [2.45, 2.75) is 6.92 Å². The second-order valence-corrected chi connectivity index (χ2v) is 3.89. The average Bonchev–Trinajstić information content (AvgIpc) is 2.39. The zero-order valence-corrected chi connectivity index (χ0v) is 9.94. The number of methoxy groups -OCH3 is 1. The average molecular weight is 226 g/mol. The normalized spacial score (nSPS) is 10.0. The summed E-state index contributed by atoms with van der Waals surface area (Å²) < 4.78 is 4.72. The zero-order valence-electron chi connectivity index (χ0n) is 9.94. The van der Waals surface area contributed by atoms with E-state index in [1.807, 2.05) is 55.5 Å². The van der Waals surface area contributed by atoms with Crippen LogP contribution in [0.2, 0.25) is 0 Å². The number of rotatable bonds is 2. The minimum atomic E-state index is -0.290. The van der Waals surface area contributed by atoms with Crippen molar-refractivity contribution in [1.29, 1.82) is 0 Å². The molecule has 0 fully saturated rings. The Hall–Kier alpha value is -2.09. The lowest BCUT2D eigenvalue weighted by molar-refractivity contribution is 0.0600. The van der Waals surface area contributed by atoms with Gasteiger partial charge in [0.2, 0.25) is 0 Å². The lowest BCUT2D eigenvalue weighted by atomic mass is 10.00. The van der Waals surface area contributed by atoms with Gasteiger partial charge in [-0.05, 0) is 29.7 Å². The summed E-state index contributed by atoms with van der Waals surface area (Å²) in [6.45, 7) is 1.92. The van der Waals surface area contributed by atoms with Gasteiger partial charge in [-0.3, -0.25) is 0 Å². The van der Waals surface area contributed by atoms with E-state index in [-0.39, 0.29) is 5.97 Å². The first kappa shape index (κ1) is 11.4. The van der Waals surface area contributed by atoms with Gasteiger partial charge in [-0.2, -0.15) is 0 Å². The number of benzene rings is 2. The molecule has 0 aromatic heterocycles. The first-order chi connectivity index (χ1) is 8.22. The first-order valence-electron chi connectivity index (χ1n) is 5.47. The number of hydrogen-bond donors (Lipinski definition) is 0. The van der Waals surface area contributed by atoms with E-state index in [4.69, 9.17) is 4.74 Å². The van der Waals surface area contributed by atoms with Gasteiger partial charge in [0.05, 0.1) is 12.7 Å². The van der Waals surface area contributed by atoms with E-state index in [0.29, 0.717) is 5.56 Å². The molecule has 0 unspecified atom stereocenters. The molecule has 0 aliphatic heterocycles. The molecule has 0 N–H and O–H groups in total. The van der Waals surface area contributed by atoms with E-state index >= 15 is 0 Å². The van der Waals surface area contributed by atoms with Gasteiger partial charge in [0.15, 0.2) is 0 Å². The predicted octanol–water partition coefficient (Wildman–Crippen LogP) is 3.45. The van der Waals surface area contributed by atoms with Crippen molar-refractivity contribution < 1.29 is 9.53 Å². The van der Waals surface area contributed by atoms with Crippen LogP contribution in [0.1, 0.15) is 15.9 Å². The van der Waals surface area contributed by atoms with Crippen LogP contribution in [-0.4, -0.2) is 13.1 Å². The molecule has 2 nitrogen and oxygen atoms in total. The van der Waals surface area contributed by atoms with Gasteiger partial charge < -0.3 is 4.74 Å². The summed E-state index contributed by atoms with van der Waals surface area (Å²) >= 11 is 0. The Morgan fingerprint density at radius 3 is 2.29 bits per heavy atom. The molecule has 0 saturated heterocycles. The smallest absolute Gasteiger partial charge is 0.338 e. The molecule has 0 saturated carbocycles. The number of hydrogen-bond acceptors (Lipinski definition) is 2. The third-order valence-corrected chi connectivity index (χ3v) is 2.74. The van der Waals surface area contributed by atoms with Gasteiger partial charge in [0.25, 0.3) is 0 Å². The van der Waals surface area contributed by atoms with Gasteiger partial charge >= 0.3 is 5.97 Å². The van der Waals surface area contributed by atoms with Crippen LogP contribution in [0.15, 0.2) is 48.5 Å². The fourth-order valence-electron chi connectivity index (χ4n) is 1.81. The molecule has 0 bridgehead atoms. The Morgan fingerprint density at radius 1 is 1.00 bits per heavy atom. The van der Waals surface area contributed by atoms with Crippen LogP contribution in [0, 0.1) is 6.92 Å². The summed E-state index contributed by atoms with van der Waals surface area (Å²) in [5, 5.41) is 0. The molecular formula is C15H14O2. The number of carbonyl (C=O) groups is 1. The Kier molecular flexibility index (Phi) is 3.24. The monoisotopic (exact) mass is 226 g/mol. The minimum Gasteiger partial charge on any atom is -0.465 e. The largest absolute Gasteiger partial charge is 0.465 e. The molecule has 2 aromatic carbocycles. The van der Waals surface area contributed by atoms with Crippen molar-refractivity contribution in [1.82, 2.24) is 0 Å². The quantitative estimate of drug-likeness (QED) is 0.733. The zero-order chi connectivity index (χ0) is 12.3. The second kappa shape index (κ2) is 4.83. The molecule has 0 heterocycles. The molecule has 2 heteroatoms. The molecule has 0 aliphatic rings. The Bertz CT molecular complexity index is 530. The van der Waals surface area contributed by atoms with E-state index in [1.54, 1.807) is 0 Å². The molecule has 0 spiro atoms. The third kappa shape index (κ3) is 2.36.